The van der Waals surface area contributed by atoms with Crippen molar-refractivity contribution in [1.29, 1.82) is 0 Å². The molecule has 0 unspecified atom stereocenters. The summed E-state index contributed by atoms with van der Waals surface area (Å²) in [5, 5.41) is 6.79. The number of carbonyl (C=O) groups excluding carboxylic acids is 2. The van der Waals surface area contributed by atoms with Gasteiger partial charge in [-0.2, -0.15) is 5.10 Å². The molecule has 0 bridgehead atoms. The lowest BCUT2D eigenvalue weighted by atomic mass is 10.2. The van der Waals surface area contributed by atoms with Crippen LogP contribution in [-0.4, -0.2) is 46.7 Å². The summed E-state index contributed by atoms with van der Waals surface area (Å²) < 4.78 is 6.14. The van der Waals surface area contributed by atoms with Crippen molar-refractivity contribution in [2.75, 3.05) is 25.5 Å². The average Bonchev–Trinajstić information content (AvgIpc) is 3.00. The number of hydrogen-bond donors (Lipinski definition) is 1. The first-order chi connectivity index (χ1) is 13.6. The van der Waals surface area contributed by atoms with Gasteiger partial charge in [0.1, 0.15) is 18.0 Å². The zero-order chi connectivity index (χ0) is 19.9. The van der Waals surface area contributed by atoms with Gasteiger partial charge in [0.05, 0.1) is 7.11 Å². The molecule has 1 fully saturated rings. The zero-order valence-corrected chi connectivity index (χ0v) is 15.9. The van der Waals surface area contributed by atoms with E-state index in [4.69, 9.17) is 4.74 Å². The van der Waals surface area contributed by atoms with Gasteiger partial charge in [0, 0.05) is 24.8 Å². The monoisotopic (exact) mass is 384 g/mol. The van der Waals surface area contributed by atoms with Gasteiger partial charge in [-0.25, -0.2) is 4.68 Å². The van der Waals surface area contributed by atoms with Gasteiger partial charge in [0.25, 0.3) is 11.5 Å². The minimum atomic E-state index is -0.457. The second-order valence-electron chi connectivity index (χ2n) is 6.69. The fourth-order valence-corrected chi connectivity index (χ4v) is 3.10. The number of methoxy groups -OCH3 is 1. The maximum Gasteiger partial charge on any atom is 0.276 e. The molecule has 0 radical (unpaired) electrons. The molecule has 2 heterocycles. The molecule has 28 heavy (non-hydrogen) atoms. The van der Waals surface area contributed by atoms with Gasteiger partial charge in [-0.3, -0.25) is 14.4 Å². The summed E-state index contributed by atoms with van der Waals surface area (Å²) in [6.07, 6.45) is 4.17. The maximum atomic E-state index is 12.5. The minimum Gasteiger partial charge on any atom is -0.497 e. The Morgan fingerprint density at radius 1 is 1.04 bits per heavy atom. The number of aromatic nitrogens is 2. The fourth-order valence-electron chi connectivity index (χ4n) is 3.10. The molecule has 1 aliphatic heterocycles. The number of nitrogens with zero attached hydrogens (tertiary/aromatic N) is 3. The van der Waals surface area contributed by atoms with E-state index in [1.54, 1.807) is 36.3 Å². The van der Waals surface area contributed by atoms with Crippen molar-refractivity contribution in [1.82, 2.24) is 14.7 Å². The molecule has 0 aliphatic carbocycles. The molecule has 8 nitrogen and oxygen atoms in total. The van der Waals surface area contributed by atoms with Crippen LogP contribution in [0.25, 0.3) is 0 Å². The quantitative estimate of drug-likeness (QED) is 0.850. The number of rotatable bonds is 5. The molecule has 1 aromatic heterocycles. The van der Waals surface area contributed by atoms with Gasteiger partial charge in [-0.15, -0.1) is 0 Å². The smallest absolute Gasteiger partial charge is 0.276 e. The molecule has 0 spiro atoms. The number of likely N-dealkylation sites (tertiary alicyclic amines) is 1. The number of anilines is 1. The van der Waals surface area contributed by atoms with Crippen LogP contribution in [0.3, 0.4) is 0 Å². The van der Waals surface area contributed by atoms with E-state index >= 15 is 0 Å². The van der Waals surface area contributed by atoms with Crippen LogP contribution in [0, 0.1) is 0 Å². The van der Waals surface area contributed by atoms with Crippen molar-refractivity contribution in [3.8, 4) is 5.75 Å². The summed E-state index contributed by atoms with van der Waals surface area (Å²) in [6, 6.07) is 9.47. The normalized spacial score (nSPS) is 14.2. The Kier molecular flexibility index (Phi) is 6.41. The van der Waals surface area contributed by atoms with Gasteiger partial charge in [0.15, 0.2) is 0 Å². The number of amides is 2. The fraction of sp³-hybridized carbons (Fsp3) is 0.400. The average molecular weight is 384 g/mol. The molecule has 0 saturated carbocycles. The van der Waals surface area contributed by atoms with E-state index in [0.29, 0.717) is 24.5 Å². The van der Waals surface area contributed by atoms with E-state index in [1.165, 1.54) is 12.1 Å². The van der Waals surface area contributed by atoms with Crippen LogP contribution in [0.5, 0.6) is 5.75 Å². The van der Waals surface area contributed by atoms with Crippen molar-refractivity contribution < 1.29 is 14.3 Å². The number of ether oxygens (including phenoxy) is 1. The lowest BCUT2D eigenvalue weighted by Gasteiger charge is -2.20. The van der Waals surface area contributed by atoms with E-state index in [2.05, 4.69) is 10.4 Å². The molecule has 1 aliphatic rings. The molecule has 8 heteroatoms. The number of carbonyl (C=O) groups is 2. The van der Waals surface area contributed by atoms with Crippen LogP contribution < -0.4 is 15.6 Å². The van der Waals surface area contributed by atoms with Crippen LogP contribution in [-0.2, 0) is 11.3 Å². The van der Waals surface area contributed by atoms with Crippen LogP contribution in [0.2, 0.25) is 0 Å². The molecular weight excluding hydrogens is 360 g/mol. The first kappa shape index (κ1) is 19.6. The Morgan fingerprint density at radius 2 is 1.71 bits per heavy atom. The molecular formula is C20H24N4O4. The highest BCUT2D eigenvalue weighted by Crippen LogP contribution is 2.15. The Bertz CT molecular complexity index is 884. The lowest BCUT2D eigenvalue weighted by Crippen LogP contribution is -2.38. The second-order valence-corrected chi connectivity index (χ2v) is 6.69. The maximum absolute atomic E-state index is 12.5. The molecule has 3 rings (SSSR count). The van der Waals surface area contributed by atoms with E-state index in [0.717, 1.165) is 30.4 Å². The predicted molar refractivity (Wildman–Crippen MR) is 104 cm³/mol. The zero-order valence-electron chi connectivity index (χ0n) is 15.9. The van der Waals surface area contributed by atoms with E-state index in [-0.39, 0.29) is 18.1 Å². The largest absolute Gasteiger partial charge is 0.497 e. The van der Waals surface area contributed by atoms with E-state index in [1.807, 2.05) is 0 Å². The SMILES string of the molecule is COc1ccc(NC(=O)c2ccc(=O)n(CC(=O)N3CCCCCC3)n2)cc1. The minimum absolute atomic E-state index is 0.0686. The van der Waals surface area contributed by atoms with Gasteiger partial charge in [0.2, 0.25) is 5.91 Å². The molecule has 148 valence electrons. The Labute approximate surface area is 163 Å². The van der Waals surface area contributed by atoms with Crippen LogP contribution in [0.1, 0.15) is 36.2 Å². The second kappa shape index (κ2) is 9.16. The van der Waals surface area contributed by atoms with Crippen molar-refractivity contribution >= 4 is 17.5 Å². The highest BCUT2D eigenvalue weighted by atomic mass is 16.5. The predicted octanol–water partition coefficient (Wildman–Crippen LogP) is 1.91. The third-order valence-corrected chi connectivity index (χ3v) is 4.69. The van der Waals surface area contributed by atoms with Crippen molar-refractivity contribution in [3.63, 3.8) is 0 Å². The third-order valence-electron chi connectivity index (χ3n) is 4.69. The molecule has 0 atom stereocenters. The van der Waals surface area contributed by atoms with Crippen molar-refractivity contribution in [2.45, 2.75) is 32.2 Å². The summed E-state index contributed by atoms with van der Waals surface area (Å²) in [5.74, 6) is 0.0713. The third kappa shape index (κ3) is 4.97. The Hall–Kier alpha value is -3.16. The molecule has 2 aromatic rings. The number of nitrogens with one attached hydrogen (secondary N) is 1. The van der Waals surface area contributed by atoms with Crippen molar-refractivity contribution in [3.05, 3.63) is 52.4 Å². The van der Waals surface area contributed by atoms with Gasteiger partial charge >= 0.3 is 0 Å². The van der Waals surface area contributed by atoms with Crippen molar-refractivity contribution in [2.24, 2.45) is 0 Å². The van der Waals surface area contributed by atoms with E-state index < -0.39 is 11.5 Å². The van der Waals surface area contributed by atoms with Gasteiger partial charge in [-0.1, -0.05) is 12.8 Å². The van der Waals surface area contributed by atoms with Gasteiger partial charge in [-0.05, 0) is 43.2 Å². The van der Waals surface area contributed by atoms with E-state index in [9.17, 15) is 14.4 Å². The lowest BCUT2D eigenvalue weighted by molar-refractivity contribution is -0.132. The molecule has 1 aromatic carbocycles. The van der Waals surface area contributed by atoms with Crippen LogP contribution in [0.4, 0.5) is 5.69 Å². The Balaban J connectivity index is 1.70. The van der Waals surface area contributed by atoms with Crippen LogP contribution in [0.15, 0.2) is 41.2 Å². The number of hydrogen-bond acceptors (Lipinski definition) is 5. The Morgan fingerprint density at radius 3 is 2.36 bits per heavy atom. The molecule has 1 saturated heterocycles. The summed E-state index contributed by atoms with van der Waals surface area (Å²) in [5.41, 5.74) is 0.231. The highest BCUT2D eigenvalue weighted by molar-refractivity contribution is 6.02. The first-order valence-corrected chi connectivity index (χ1v) is 9.38. The summed E-state index contributed by atoms with van der Waals surface area (Å²) in [7, 11) is 1.56. The van der Waals surface area contributed by atoms with Gasteiger partial charge < -0.3 is 15.0 Å². The first-order valence-electron chi connectivity index (χ1n) is 9.38. The topological polar surface area (TPSA) is 93.5 Å². The summed E-state index contributed by atoms with van der Waals surface area (Å²) in [6.45, 7) is 1.24. The van der Waals surface area contributed by atoms with Crippen LogP contribution >= 0.6 is 0 Å². The molecule has 1 N–H and O–H groups in total. The number of benzene rings is 1. The summed E-state index contributed by atoms with van der Waals surface area (Å²) >= 11 is 0. The highest BCUT2D eigenvalue weighted by Gasteiger charge is 2.18. The molecule has 2 amide bonds. The standard InChI is InChI=1S/C20H24N4O4/c1-28-16-8-6-15(7-9-16)21-20(27)17-10-11-18(25)24(22-17)14-19(26)23-12-4-2-3-5-13-23/h6-11H,2-5,12-14H2,1H3,(H,21,27). The summed E-state index contributed by atoms with van der Waals surface area (Å²) in [4.78, 5) is 38.8.